The van der Waals surface area contributed by atoms with E-state index in [9.17, 15) is 4.21 Å². The molecule has 0 aromatic carbocycles. The molecule has 1 aromatic rings. The van der Waals surface area contributed by atoms with Gasteiger partial charge in [0, 0.05) is 13.1 Å². The highest BCUT2D eigenvalue weighted by atomic mass is 79.9. The molecule has 2 heterocycles. The Labute approximate surface area is 127 Å². The first-order valence-electron chi connectivity index (χ1n) is 6.36. The lowest BCUT2D eigenvalue weighted by Crippen LogP contribution is -2.30. The number of hydrogen-bond donors (Lipinski definition) is 2. The van der Waals surface area contributed by atoms with Gasteiger partial charge < -0.3 is 9.84 Å². The number of anilines is 1. The van der Waals surface area contributed by atoms with Gasteiger partial charge in [-0.2, -0.15) is 0 Å². The standard InChI is InChI=1S/C11H15BrN4O3S/c12-9-10(13-6-14-11(9)19-2-1-17)15-20(18)16-4-7-3-8(7)5-16/h6-8,17H,1-5H2,(H,13,14,15)/t7-,8?,20?/m0/s1. The molecule has 1 aliphatic heterocycles. The molecule has 9 heteroatoms. The molecule has 1 saturated carbocycles. The van der Waals surface area contributed by atoms with Gasteiger partial charge in [0.15, 0.2) is 17.0 Å². The van der Waals surface area contributed by atoms with Crippen LogP contribution in [0.25, 0.3) is 0 Å². The molecule has 0 spiro atoms. The third-order valence-electron chi connectivity index (χ3n) is 3.45. The van der Waals surface area contributed by atoms with Crippen LogP contribution in [-0.4, -0.2) is 49.9 Å². The predicted octanol–water partition coefficient (Wildman–Crippen LogP) is 0.552. The summed E-state index contributed by atoms with van der Waals surface area (Å²) in [5.41, 5.74) is 0. The molecule has 1 saturated heterocycles. The summed E-state index contributed by atoms with van der Waals surface area (Å²) in [4.78, 5) is 8.01. The first-order valence-corrected chi connectivity index (χ1v) is 8.26. The molecular formula is C11H15BrN4O3S. The number of halogens is 1. The molecule has 1 aliphatic carbocycles. The fourth-order valence-corrected chi connectivity index (χ4v) is 3.96. The fraction of sp³-hybridized carbons (Fsp3) is 0.636. The molecule has 7 nitrogen and oxygen atoms in total. The van der Waals surface area contributed by atoms with E-state index in [0.717, 1.165) is 24.9 Å². The van der Waals surface area contributed by atoms with Crippen molar-refractivity contribution >= 4 is 32.9 Å². The van der Waals surface area contributed by atoms with Crippen molar-refractivity contribution < 1.29 is 14.1 Å². The van der Waals surface area contributed by atoms with Gasteiger partial charge in [0.25, 0.3) is 0 Å². The van der Waals surface area contributed by atoms with Gasteiger partial charge in [-0.05, 0) is 34.2 Å². The normalized spacial score (nSPS) is 26.1. The number of rotatable bonds is 6. The monoisotopic (exact) mass is 362 g/mol. The van der Waals surface area contributed by atoms with Crippen LogP contribution in [0.1, 0.15) is 6.42 Å². The van der Waals surface area contributed by atoms with Crippen LogP contribution in [0, 0.1) is 11.8 Å². The Morgan fingerprint density at radius 3 is 2.95 bits per heavy atom. The highest BCUT2D eigenvalue weighted by Gasteiger charge is 2.46. The molecular weight excluding hydrogens is 348 g/mol. The Morgan fingerprint density at radius 1 is 1.50 bits per heavy atom. The van der Waals surface area contributed by atoms with Crippen molar-refractivity contribution in [3.63, 3.8) is 0 Å². The van der Waals surface area contributed by atoms with Crippen LogP contribution >= 0.6 is 15.9 Å². The van der Waals surface area contributed by atoms with Gasteiger partial charge in [0.1, 0.15) is 17.4 Å². The number of fused-ring (bicyclic) bond motifs is 1. The molecule has 2 N–H and O–H groups in total. The van der Waals surface area contributed by atoms with Crippen LogP contribution in [0.4, 0.5) is 5.82 Å². The molecule has 3 rings (SSSR count). The lowest BCUT2D eigenvalue weighted by atomic mass is 10.4. The van der Waals surface area contributed by atoms with E-state index < -0.39 is 11.2 Å². The minimum atomic E-state index is -1.30. The molecule has 2 unspecified atom stereocenters. The van der Waals surface area contributed by atoms with Crippen molar-refractivity contribution in [3.8, 4) is 5.88 Å². The van der Waals surface area contributed by atoms with Crippen molar-refractivity contribution in [3.05, 3.63) is 10.8 Å². The molecule has 20 heavy (non-hydrogen) atoms. The summed E-state index contributed by atoms with van der Waals surface area (Å²) >= 11 is 2.02. The summed E-state index contributed by atoms with van der Waals surface area (Å²) in [7, 11) is 0. The Morgan fingerprint density at radius 2 is 2.25 bits per heavy atom. The summed E-state index contributed by atoms with van der Waals surface area (Å²) in [6.45, 7) is 1.80. The van der Waals surface area contributed by atoms with E-state index in [2.05, 4.69) is 30.6 Å². The maximum absolute atomic E-state index is 12.2. The average Bonchev–Trinajstić information content (AvgIpc) is 3.06. The van der Waals surface area contributed by atoms with Crippen LogP contribution in [0.2, 0.25) is 0 Å². The van der Waals surface area contributed by atoms with Crippen molar-refractivity contribution in [2.45, 2.75) is 6.42 Å². The highest BCUT2D eigenvalue weighted by molar-refractivity contribution is 9.10. The molecule has 2 fully saturated rings. The van der Waals surface area contributed by atoms with Crippen molar-refractivity contribution in [2.75, 3.05) is 31.0 Å². The molecule has 0 amide bonds. The third kappa shape index (κ3) is 2.95. The first-order chi connectivity index (χ1) is 9.69. The molecule has 1 aromatic heterocycles. The van der Waals surface area contributed by atoms with Crippen molar-refractivity contribution in [2.24, 2.45) is 11.8 Å². The van der Waals surface area contributed by atoms with E-state index in [1.807, 2.05) is 4.31 Å². The zero-order valence-corrected chi connectivity index (χ0v) is 13.1. The van der Waals surface area contributed by atoms with Crippen molar-refractivity contribution in [1.82, 2.24) is 14.3 Å². The quantitative estimate of drug-likeness (QED) is 0.771. The number of aromatic nitrogens is 2. The predicted molar refractivity (Wildman–Crippen MR) is 77.2 cm³/mol. The largest absolute Gasteiger partial charge is 0.474 e. The summed E-state index contributed by atoms with van der Waals surface area (Å²) in [6, 6.07) is 0. The number of nitrogens with one attached hydrogen (secondary N) is 1. The van der Waals surface area contributed by atoms with E-state index in [-0.39, 0.29) is 13.2 Å². The molecule has 2 aliphatic rings. The number of aliphatic hydroxyl groups excluding tert-OH is 1. The second-order valence-corrected chi connectivity index (χ2v) is 6.88. The zero-order valence-electron chi connectivity index (χ0n) is 10.7. The first kappa shape index (κ1) is 14.2. The molecule has 3 atom stereocenters. The SMILES string of the molecule is O=S(Nc1ncnc(OCCO)c1Br)N1CC2C[C@H]2C1. The average molecular weight is 363 g/mol. The van der Waals surface area contributed by atoms with Crippen LogP contribution in [-0.2, 0) is 11.2 Å². The van der Waals surface area contributed by atoms with Crippen LogP contribution in [0.3, 0.4) is 0 Å². The molecule has 0 bridgehead atoms. The molecule has 0 radical (unpaired) electrons. The van der Waals surface area contributed by atoms with Crippen LogP contribution in [0.5, 0.6) is 5.88 Å². The number of hydrogen-bond acceptors (Lipinski definition) is 5. The third-order valence-corrected chi connectivity index (χ3v) is 5.30. The maximum atomic E-state index is 12.2. The fourth-order valence-electron chi connectivity index (χ4n) is 2.31. The Balaban J connectivity index is 1.65. The summed E-state index contributed by atoms with van der Waals surface area (Å²) in [6.07, 6.45) is 2.60. The second kappa shape index (κ2) is 5.92. The smallest absolute Gasteiger partial charge is 0.233 e. The number of aliphatic hydroxyl groups is 1. The summed E-state index contributed by atoms with van der Waals surface area (Å²) in [5, 5.41) is 8.75. The molecule has 110 valence electrons. The lowest BCUT2D eigenvalue weighted by Gasteiger charge is -2.17. The minimum Gasteiger partial charge on any atom is -0.474 e. The lowest BCUT2D eigenvalue weighted by molar-refractivity contribution is 0.196. The van der Waals surface area contributed by atoms with E-state index in [1.165, 1.54) is 12.7 Å². The van der Waals surface area contributed by atoms with Gasteiger partial charge >= 0.3 is 0 Å². The van der Waals surface area contributed by atoms with Crippen molar-refractivity contribution in [1.29, 1.82) is 0 Å². The Hall–Kier alpha value is -0.770. The maximum Gasteiger partial charge on any atom is 0.233 e. The topological polar surface area (TPSA) is 87.6 Å². The van der Waals surface area contributed by atoms with E-state index >= 15 is 0 Å². The number of piperidine rings is 1. The summed E-state index contributed by atoms with van der Waals surface area (Å²) in [5.74, 6) is 2.18. The van der Waals surface area contributed by atoms with Gasteiger partial charge in [0.2, 0.25) is 5.88 Å². The van der Waals surface area contributed by atoms with Crippen LogP contribution in [0.15, 0.2) is 10.8 Å². The highest BCUT2D eigenvalue weighted by Crippen LogP contribution is 2.45. The van der Waals surface area contributed by atoms with E-state index in [1.54, 1.807) is 0 Å². The van der Waals surface area contributed by atoms with E-state index in [4.69, 9.17) is 9.84 Å². The zero-order chi connectivity index (χ0) is 14.1. The summed E-state index contributed by atoms with van der Waals surface area (Å²) < 4.78 is 22.8. The van der Waals surface area contributed by atoms with Gasteiger partial charge in [0.05, 0.1) is 6.61 Å². The van der Waals surface area contributed by atoms with Gasteiger partial charge in [-0.1, -0.05) is 0 Å². The second-order valence-electron chi connectivity index (χ2n) is 4.87. The van der Waals surface area contributed by atoms with Crippen LogP contribution < -0.4 is 9.46 Å². The van der Waals surface area contributed by atoms with Gasteiger partial charge in [-0.15, -0.1) is 0 Å². The Kier molecular flexibility index (Phi) is 4.20. The van der Waals surface area contributed by atoms with E-state index in [0.29, 0.717) is 16.2 Å². The van der Waals surface area contributed by atoms with Gasteiger partial charge in [-0.25, -0.2) is 18.5 Å². The minimum absolute atomic E-state index is 0.0955. The van der Waals surface area contributed by atoms with Gasteiger partial charge in [-0.3, -0.25) is 4.72 Å². The number of nitrogens with zero attached hydrogens (tertiary/aromatic N) is 3. The number of ether oxygens (including phenoxy) is 1. The Bertz CT molecular complexity index is 522.